The van der Waals surface area contributed by atoms with E-state index in [0.29, 0.717) is 22.9 Å². The highest BCUT2D eigenvalue weighted by atomic mass is 32.1. The molecule has 6 heteroatoms. The highest BCUT2D eigenvalue weighted by molar-refractivity contribution is 7.22. The summed E-state index contributed by atoms with van der Waals surface area (Å²) in [5, 5.41) is 3.31. The number of carbonyl (C=O) groups is 2. The molecule has 1 N–H and O–H groups in total. The van der Waals surface area contributed by atoms with E-state index < -0.39 is 0 Å². The maximum Gasteiger partial charge on any atom is 0.264 e. The number of amides is 1. The van der Waals surface area contributed by atoms with E-state index in [0.717, 1.165) is 15.8 Å². The molecule has 0 radical (unpaired) electrons. The Balaban J connectivity index is 1.58. The molecule has 25 heavy (non-hydrogen) atoms. The number of para-hydroxylation sites is 1. The lowest BCUT2D eigenvalue weighted by molar-refractivity contribution is -0.118. The van der Waals surface area contributed by atoms with Gasteiger partial charge in [-0.05, 0) is 42.8 Å². The van der Waals surface area contributed by atoms with Crippen molar-refractivity contribution in [3.8, 4) is 5.75 Å². The summed E-state index contributed by atoms with van der Waals surface area (Å²) in [6, 6.07) is 12.7. The lowest BCUT2D eigenvalue weighted by atomic mass is 10.1. The number of thiazole rings is 1. The largest absolute Gasteiger partial charge is 0.484 e. The first-order chi connectivity index (χ1) is 12.1. The molecule has 1 aromatic heterocycles. The summed E-state index contributed by atoms with van der Waals surface area (Å²) < 4.78 is 6.49. The van der Waals surface area contributed by atoms with Crippen LogP contribution in [0.4, 0.5) is 5.13 Å². The van der Waals surface area contributed by atoms with Crippen molar-refractivity contribution in [2.45, 2.75) is 20.3 Å². The van der Waals surface area contributed by atoms with Crippen LogP contribution < -0.4 is 10.1 Å². The van der Waals surface area contributed by atoms with Crippen molar-refractivity contribution in [2.75, 3.05) is 11.9 Å². The molecule has 0 fully saturated rings. The molecule has 128 valence electrons. The van der Waals surface area contributed by atoms with Gasteiger partial charge >= 0.3 is 0 Å². The molecule has 0 aliphatic carbocycles. The number of ether oxygens (including phenoxy) is 1. The second-order valence-electron chi connectivity index (χ2n) is 5.58. The van der Waals surface area contributed by atoms with E-state index in [1.807, 2.05) is 32.0 Å². The zero-order valence-electron chi connectivity index (χ0n) is 14.0. The third kappa shape index (κ3) is 4.03. The van der Waals surface area contributed by atoms with Gasteiger partial charge in [0, 0.05) is 12.0 Å². The number of fused-ring (bicyclic) bond motifs is 1. The molecule has 3 aromatic rings. The second-order valence-corrected chi connectivity index (χ2v) is 6.61. The molecule has 0 aliphatic heterocycles. The van der Waals surface area contributed by atoms with E-state index in [2.05, 4.69) is 10.3 Å². The molecule has 0 aliphatic rings. The van der Waals surface area contributed by atoms with Gasteiger partial charge in [-0.1, -0.05) is 30.4 Å². The first-order valence-electron chi connectivity index (χ1n) is 7.99. The van der Waals surface area contributed by atoms with Crippen LogP contribution in [0.5, 0.6) is 5.75 Å². The number of nitrogens with zero attached hydrogens (tertiary/aromatic N) is 1. The minimum Gasteiger partial charge on any atom is -0.484 e. The number of hydrogen-bond acceptors (Lipinski definition) is 5. The molecule has 0 saturated heterocycles. The molecule has 1 heterocycles. The molecule has 3 rings (SSSR count). The number of aryl methyl sites for hydroxylation is 1. The fourth-order valence-electron chi connectivity index (χ4n) is 2.39. The summed E-state index contributed by atoms with van der Waals surface area (Å²) in [7, 11) is 0. The van der Waals surface area contributed by atoms with Gasteiger partial charge in [-0.25, -0.2) is 4.98 Å². The number of benzene rings is 2. The van der Waals surface area contributed by atoms with Crippen LogP contribution in [0.2, 0.25) is 0 Å². The van der Waals surface area contributed by atoms with Crippen LogP contribution in [0.1, 0.15) is 29.3 Å². The molecule has 0 atom stereocenters. The minimum absolute atomic E-state index is 0.0791. The summed E-state index contributed by atoms with van der Waals surface area (Å²) in [6.07, 6.45) is 0.463. The summed E-state index contributed by atoms with van der Waals surface area (Å²) in [5.41, 5.74) is 2.62. The van der Waals surface area contributed by atoms with Gasteiger partial charge in [-0.15, -0.1) is 0 Å². The van der Waals surface area contributed by atoms with E-state index in [9.17, 15) is 9.59 Å². The van der Waals surface area contributed by atoms with Crippen LogP contribution in [0.15, 0.2) is 42.5 Å². The zero-order chi connectivity index (χ0) is 17.8. The van der Waals surface area contributed by atoms with Crippen molar-refractivity contribution >= 4 is 38.4 Å². The Labute approximate surface area is 149 Å². The van der Waals surface area contributed by atoms with E-state index in [-0.39, 0.29) is 18.3 Å². The summed E-state index contributed by atoms with van der Waals surface area (Å²) in [6.45, 7) is 3.69. The smallest absolute Gasteiger partial charge is 0.264 e. The maximum absolute atomic E-state index is 12.0. The first kappa shape index (κ1) is 17.1. The van der Waals surface area contributed by atoms with Crippen molar-refractivity contribution in [2.24, 2.45) is 0 Å². The number of anilines is 1. The van der Waals surface area contributed by atoms with Crippen LogP contribution >= 0.6 is 11.3 Å². The van der Waals surface area contributed by atoms with Gasteiger partial charge in [0.1, 0.15) is 5.75 Å². The van der Waals surface area contributed by atoms with Crippen LogP contribution in [0, 0.1) is 6.92 Å². The van der Waals surface area contributed by atoms with E-state index >= 15 is 0 Å². The van der Waals surface area contributed by atoms with Gasteiger partial charge in [-0.3, -0.25) is 14.9 Å². The van der Waals surface area contributed by atoms with E-state index in [4.69, 9.17) is 4.74 Å². The van der Waals surface area contributed by atoms with Crippen molar-refractivity contribution in [3.63, 3.8) is 0 Å². The van der Waals surface area contributed by atoms with Crippen LogP contribution in [0.3, 0.4) is 0 Å². The molecule has 0 unspecified atom stereocenters. The predicted octanol–water partition coefficient (Wildman–Crippen LogP) is 4.21. The average Bonchev–Trinajstić information content (AvgIpc) is 3.03. The Bertz CT molecular complexity index is 916. The zero-order valence-corrected chi connectivity index (χ0v) is 14.9. The van der Waals surface area contributed by atoms with Crippen molar-refractivity contribution in [1.82, 2.24) is 4.98 Å². The monoisotopic (exact) mass is 354 g/mol. The van der Waals surface area contributed by atoms with Crippen LogP contribution in [0.25, 0.3) is 10.2 Å². The Morgan fingerprint density at radius 3 is 2.60 bits per heavy atom. The molecule has 0 bridgehead atoms. The number of rotatable bonds is 6. The number of nitrogens with one attached hydrogen (secondary N) is 1. The Kier molecular flexibility index (Phi) is 5.09. The normalized spacial score (nSPS) is 10.6. The number of hydrogen-bond donors (Lipinski definition) is 1. The average molecular weight is 354 g/mol. The molecule has 5 nitrogen and oxygen atoms in total. The van der Waals surface area contributed by atoms with Crippen LogP contribution in [-0.4, -0.2) is 23.3 Å². The standard InChI is InChI=1S/C19H18N2O3S/c1-3-15(22)13-7-9-14(10-8-13)24-11-17(23)20-19-21-18-12(2)5-4-6-16(18)25-19/h4-10H,3,11H2,1-2H3,(H,20,21,23). The Morgan fingerprint density at radius 1 is 1.16 bits per heavy atom. The van der Waals surface area contributed by atoms with E-state index in [1.165, 1.54) is 11.3 Å². The lowest BCUT2D eigenvalue weighted by Crippen LogP contribution is -2.20. The van der Waals surface area contributed by atoms with E-state index in [1.54, 1.807) is 24.3 Å². The van der Waals surface area contributed by atoms with Gasteiger partial charge in [0.2, 0.25) is 0 Å². The molecular formula is C19H18N2O3S. The third-order valence-electron chi connectivity index (χ3n) is 3.73. The third-order valence-corrected chi connectivity index (χ3v) is 4.67. The van der Waals surface area contributed by atoms with Gasteiger partial charge in [0.15, 0.2) is 17.5 Å². The van der Waals surface area contributed by atoms with Gasteiger partial charge in [0.25, 0.3) is 5.91 Å². The fraction of sp³-hybridized carbons (Fsp3) is 0.211. The van der Waals surface area contributed by atoms with Gasteiger partial charge in [0.05, 0.1) is 10.2 Å². The van der Waals surface area contributed by atoms with Gasteiger partial charge in [-0.2, -0.15) is 0 Å². The van der Waals surface area contributed by atoms with Crippen molar-refractivity contribution < 1.29 is 14.3 Å². The highest BCUT2D eigenvalue weighted by Gasteiger charge is 2.10. The first-order valence-corrected chi connectivity index (χ1v) is 8.80. The number of Topliss-reactive ketones (excluding diaryl/α,β-unsaturated/α-hetero) is 1. The number of carbonyl (C=O) groups excluding carboxylic acids is 2. The maximum atomic E-state index is 12.0. The number of aromatic nitrogens is 1. The highest BCUT2D eigenvalue weighted by Crippen LogP contribution is 2.27. The van der Waals surface area contributed by atoms with Crippen molar-refractivity contribution in [1.29, 1.82) is 0 Å². The Hall–Kier alpha value is -2.73. The molecule has 2 aromatic carbocycles. The predicted molar refractivity (Wildman–Crippen MR) is 99.5 cm³/mol. The van der Waals surface area contributed by atoms with Crippen LogP contribution in [-0.2, 0) is 4.79 Å². The molecule has 1 amide bonds. The number of ketones is 1. The fourth-order valence-corrected chi connectivity index (χ4v) is 3.35. The SMILES string of the molecule is CCC(=O)c1ccc(OCC(=O)Nc2nc3c(C)cccc3s2)cc1. The Morgan fingerprint density at radius 2 is 1.92 bits per heavy atom. The summed E-state index contributed by atoms with van der Waals surface area (Å²) in [5.74, 6) is 0.351. The molecule has 0 spiro atoms. The summed E-state index contributed by atoms with van der Waals surface area (Å²) >= 11 is 1.43. The topological polar surface area (TPSA) is 68.3 Å². The minimum atomic E-state index is -0.273. The quantitative estimate of drug-likeness (QED) is 0.673. The molecular weight excluding hydrogens is 336 g/mol. The van der Waals surface area contributed by atoms with Crippen molar-refractivity contribution in [3.05, 3.63) is 53.6 Å². The summed E-state index contributed by atoms with van der Waals surface area (Å²) in [4.78, 5) is 28.1. The lowest BCUT2D eigenvalue weighted by Gasteiger charge is -2.06. The molecule has 0 saturated carbocycles. The van der Waals surface area contributed by atoms with Gasteiger partial charge < -0.3 is 4.74 Å². The second kappa shape index (κ2) is 7.44.